The first-order valence-electron chi connectivity index (χ1n) is 7.41. The van der Waals surface area contributed by atoms with Gasteiger partial charge in [-0.15, -0.1) is 11.3 Å². The molecule has 4 nitrogen and oxygen atoms in total. The van der Waals surface area contributed by atoms with Crippen molar-refractivity contribution in [2.45, 2.75) is 45.2 Å². The van der Waals surface area contributed by atoms with Crippen molar-refractivity contribution in [3.05, 3.63) is 40.3 Å². The van der Waals surface area contributed by atoms with E-state index >= 15 is 0 Å². The predicted molar refractivity (Wildman–Crippen MR) is 89.9 cm³/mol. The SMILES string of the molecule is CCC(N)Cc1cnc(N(C)C(C)Cc2cccs2)nc1. The summed E-state index contributed by atoms with van der Waals surface area (Å²) in [5.41, 5.74) is 7.07. The predicted octanol–water partition coefficient (Wildman–Crippen LogP) is 2.89. The highest BCUT2D eigenvalue weighted by molar-refractivity contribution is 7.09. The highest BCUT2D eigenvalue weighted by atomic mass is 32.1. The summed E-state index contributed by atoms with van der Waals surface area (Å²) in [6.45, 7) is 4.30. The molecule has 0 radical (unpaired) electrons. The van der Waals surface area contributed by atoms with Crippen molar-refractivity contribution in [2.24, 2.45) is 5.73 Å². The highest BCUT2D eigenvalue weighted by Gasteiger charge is 2.14. The summed E-state index contributed by atoms with van der Waals surface area (Å²) in [4.78, 5) is 12.5. The molecule has 21 heavy (non-hydrogen) atoms. The van der Waals surface area contributed by atoms with Crippen molar-refractivity contribution < 1.29 is 0 Å². The summed E-state index contributed by atoms with van der Waals surface area (Å²) in [5.74, 6) is 0.771. The molecular formula is C16H24N4S. The minimum absolute atomic E-state index is 0.190. The Bertz CT molecular complexity index is 524. The standard InChI is InChI=1S/C16H24N4S/c1-4-14(17)9-13-10-18-16(19-11-13)20(3)12(2)8-15-6-5-7-21-15/h5-7,10-12,14H,4,8-9,17H2,1-3H3. The Hall–Kier alpha value is -1.46. The molecule has 0 saturated heterocycles. The van der Waals surface area contributed by atoms with E-state index in [4.69, 9.17) is 5.73 Å². The minimum Gasteiger partial charge on any atom is -0.341 e. The molecular weight excluding hydrogens is 280 g/mol. The van der Waals surface area contributed by atoms with Crippen molar-refractivity contribution in [1.29, 1.82) is 0 Å². The van der Waals surface area contributed by atoms with Crippen LogP contribution in [0.25, 0.3) is 0 Å². The molecule has 2 atom stereocenters. The van der Waals surface area contributed by atoms with Gasteiger partial charge in [-0.05, 0) is 36.8 Å². The van der Waals surface area contributed by atoms with Gasteiger partial charge >= 0.3 is 0 Å². The number of thiophene rings is 1. The fourth-order valence-corrected chi connectivity index (χ4v) is 2.96. The second-order valence-corrected chi connectivity index (χ2v) is 6.54. The maximum Gasteiger partial charge on any atom is 0.225 e. The molecule has 2 unspecified atom stereocenters. The summed E-state index contributed by atoms with van der Waals surface area (Å²) in [5, 5.41) is 2.12. The third-order valence-corrected chi connectivity index (χ3v) is 4.67. The Morgan fingerprint density at radius 2 is 2.00 bits per heavy atom. The van der Waals surface area contributed by atoms with Gasteiger partial charge in [-0.3, -0.25) is 0 Å². The maximum atomic E-state index is 5.96. The van der Waals surface area contributed by atoms with Crippen LogP contribution < -0.4 is 10.6 Å². The number of hydrogen-bond acceptors (Lipinski definition) is 5. The molecule has 0 aliphatic carbocycles. The van der Waals surface area contributed by atoms with Crippen molar-refractivity contribution >= 4 is 17.3 Å². The largest absolute Gasteiger partial charge is 0.341 e. The smallest absolute Gasteiger partial charge is 0.225 e. The van der Waals surface area contributed by atoms with Gasteiger partial charge in [-0.1, -0.05) is 13.0 Å². The van der Waals surface area contributed by atoms with E-state index in [0.29, 0.717) is 6.04 Å². The van der Waals surface area contributed by atoms with Gasteiger partial charge in [0.2, 0.25) is 5.95 Å². The van der Waals surface area contributed by atoms with Crippen LogP contribution in [-0.4, -0.2) is 29.1 Å². The van der Waals surface area contributed by atoms with Crippen LogP contribution in [0.15, 0.2) is 29.9 Å². The van der Waals surface area contributed by atoms with Gasteiger partial charge in [0.05, 0.1) is 0 Å². The van der Waals surface area contributed by atoms with Crippen LogP contribution in [-0.2, 0) is 12.8 Å². The van der Waals surface area contributed by atoms with Gasteiger partial charge in [0, 0.05) is 42.8 Å². The first kappa shape index (κ1) is 15.9. The van der Waals surface area contributed by atoms with Crippen molar-refractivity contribution in [3.63, 3.8) is 0 Å². The van der Waals surface area contributed by atoms with E-state index in [1.54, 1.807) is 11.3 Å². The van der Waals surface area contributed by atoms with Gasteiger partial charge < -0.3 is 10.6 Å². The zero-order valence-electron chi connectivity index (χ0n) is 13.0. The molecule has 0 aliphatic rings. The Morgan fingerprint density at radius 1 is 1.29 bits per heavy atom. The van der Waals surface area contributed by atoms with Gasteiger partial charge in [0.1, 0.15) is 0 Å². The molecule has 114 valence electrons. The van der Waals surface area contributed by atoms with Crippen LogP contribution in [0.1, 0.15) is 30.7 Å². The van der Waals surface area contributed by atoms with Crippen LogP contribution in [0.2, 0.25) is 0 Å². The Kier molecular flexibility index (Phi) is 5.70. The topological polar surface area (TPSA) is 55.0 Å². The van der Waals surface area contributed by atoms with E-state index in [1.165, 1.54) is 4.88 Å². The number of nitrogens with two attached hydrogens (primary N) is 1. The van der Waals surface area contributed by atoms with E-state index in [1.807, 2.05) is 19.4 Å². The van der Waals surface area contributed by atoms with Gasteiger partial charge in [-0.25, -0.2) is 9.97 Å². The van der Waals surface area contributed by atoms with Crippen LogP contribution >= 0.6 is 11.3 Å². The zero-order chi connectivity index (χ0) is 15.2. The lowest BCUT2D eigenvalue weighted by molar-refractivity contribution is 0.639. The van der Waals surface area contributed by atoms with Crippen LogP contribution in [0.5, 0.6) is 0 Å². The van der Waals surface area contributed by atoms with Crippen LogP contribution in [0, 0.1) is 0 Å². The number of rotatable bonds is 7. The molecule has 0 saturated carbocycles. The van der Waals surface area contributed by atoms with Crippen molar-refractivity contribution in [1.82, 2.24) is 9.97 Å². The second-order valence-electron chi connectivity index (χ2n) is 5.51. The van der Waals surface area contributed by atoms with Crippen LogP contribution in [0.3, 0.4) is 0 Å². The molecule has 0 aromatic carbocycles. The lowest BCUT2D eigenvalue weighted by atomic mass is 10.1. The van der Waals surface area contributed by atoms with Gasteiger partial charge in [-0.2, -0.15) is 0 Å². The van der Waals surface area contributed by atoms with E-state index < -0.39 is 0 Å². The number of hydrogen-bond donors (Lipinski definition) is 1. The van der Waals surface area contributed by atoms with E-state index in [0.717, 1.165) is 30.8 Å². The Morgan fingerprint density at radius 3 is 2.57 bits per heavy atom. The van der Waals surface area contributed by atoms with E-state index in [-0.39, 0.29) is 6.04 Å². The van der Waals surface area contributed by atoms with Gasteiger partial charge in [0.15, 0.2) is 0 Å². The summed E-state index contributed by atoms with van der Waals surface area (Å²) in [6.07, 6.45) is 6.61. The summed E-state index contributed by atoms with van der Waals surface area (Å²) < 4.78 is 0. The fourth-order valence-electron chi connectivity index (χ4n) is 2.14. The minimum atomic E-state index is 0.190. The van der Waals surface area contributed by atoms with Crippen molar-refractivity contribution in [3.8, 4) is 0 Å². The molecule has 0 aliphatic heterocycles. The quantitative estimate of drug-likeness (QED) is 0.854. The van der Waals surface area contributed by atoms with Gasteiger partial charge in [0.25, 0.3) is 0 Å². The molecule has 2 aromatic heterocycles. The zero-order valence-corrected chi connectivity index (χ0v) is 13.8. The first-order valence-corrected chi connectivity index (χ1v) is 8.29. The summed E-state index contributed by atoms with van der Waals surface area (Å²) in [6, 6.07) is 4.82. The number of anilines is 1. The van der Waals surface area contributed by atoms with Crippen molar-refractivity contribution in [2.75, 3.05) is 11.9 Å². The molecule has 2 N–H and O–H groups in total. The number of nitrogens with zero attached hydrogens (tertiary/aromatic N) is 3. The average molecular weight is 304 g/mol. The molecule has 2 rings (SSSR count). The monoisotopic (exact) mass is 304 g/mol. The fraction of sp³-hybridized carbons (Fsp3) is 0.500. The van der Waals surface area contributed by atoms with E-state index in [2.05, 4.69) is 46.2 Å². The summed E-state index contributed by atoms with van der Waals surface area (Å²) >= 11 is 1.79. The third-order valence-electron chi connectivity index (χ3n) is 3.77. The molecule has 5 heteroatoms. The molecule has 0 spiro atoms. The average Bonchev–Trinajstić information content (AvgIpc) is 3.00. The maximum absolute atomic E-state index is 5.96. The molecule has 2 aromatic rings. The highest BCUT2D eigenvalue weighted by Crippen LogP contribution is 2.16. The Balaban J connectivity index is 1.97. The van der Waals surface area contributed by atoms with Crippen LogP contribution in [0.4, 0.5) is 5.95 Å². The number of aromatic nitrogens is 2. The molecule has 0 fully saturated rings. The van der Waals surface area contributed by atoms with E-state index in [9.17, 15) is 0 Å². The molecule has 2 heterocycles. The lowest BCUT2D eigenvalue weighted by Crippen LogP contribution is -2.32. The first-order chi connectivity index (χ1) is 10.1. The molecule has 0 bridgehead atoms. The number of likely N-dealkylation sites (N-methyl/N-ethyl adjacent to an activating group) is 1. The lowest BCUT2D eigenvalue weighted by Gasteiger charge is -2.24. The normalized spacial score (nSPS) is 13.9. The molecule has 0 amide bonds. The Labute approximate surface area is 131 Å². The second kappa shape index (κ2) is 7.52. The summed E-state index contributed by atoms with van der Waals surface area (Å²) in [7, 11) is 2.05. The third kappa shape index (κ3) is 4.51.